The van der Waals surface area contributed by atoms with E-state index in [2.05, 4.69) is 11.6 Å². The molecule has 1 heterocycles. The van der Waals surface area contributed by atoms with Crippen molar-refractivity contribution in [3.63, 3.8) is 0 Å². The Kier molecular flexibility index (Phi) is 13.0. The van der Waals surface area contributed by atoms with E-state index in [9.17, 15) is 0 Å². The largest absolute Gasteiger partial charge is 0.381 e. The molecule has 0 spiro atoms. The van der Waals surface area contributed by atoms with Crippen LogP contribution in [0.2, 0.25) is 0 Å². The minimum absolute atomic E-state index is 0.292. The second-order valence-electron chi connectivity index (χ2n) is 5.56. The maximum Gasteiger partial charge on any atom is 0.116 e. The summed E-state index contributed by atoms with van der Waals surface area (Å²) in [7, 11) is 0. The van der Waals surface area contributed by atoms with Crippen LogP contribution in [0.3, 0.4) is 0 Å². The SMILES string of the molecule is CCCCCCOCCCCCCOC1CCCSN1. The molecule has 0 aromatic rings. The summed E-state index contributed by atoms with van der Waals surface area (Å²) in [5, 5.41) is 0. The van der Waals surface area contributed by atoms with Crippen LogP contribution >= 0.6 is 11.9 Å². The van der Waals surface area contributed by atoms with E-state index in [0.29, 0.717) is 6.23 Å². The number of hydrogen-bond donors (Lipinski definition) is 1. The Labute approximate surface area is 129 Å². The van der Waals surface area contributed by atoms with Gasteiger partial charge in [-0.2, -0.15) is 0 Å². The van der Waals surface area contributed by atoms with Crippen molar-refractivity contribution in [1.82, 2.24) is 4.72 Å². The molecular weight excluding hydrogens is 270 g/mol. The monoisotopic (exact) mass is 303 g/mol. The number of ether oxygens (including phenoxy) is 2. The van der Waals surface area contributed by atoms with Gasteiger partial charge in [0.25, 0.3) is 0 Å². The molecule has 0 aromatic carbocycles. The highest BCUT2D eigenvalue weighted by atomic mass is 32.2. The lowest BCUT2D eigenvalue weighted by molar-refractivity contribution is 0.0364. The molecular formula is C16H33NO2S. The quantitative estimate of drug-likeness (QED) is 0.400. The molecule has 0 bridgehead atoms. The topological polar surface area (TPSA) is 30.5 Å². The van der Waals surface area contributed by atoms with Gasteiger partial charge in [-0.05, 0) is 32.1 Å². The summed E-state index contributed by atoms with van der Waals surface area (Å²) < 4.78 is 14.8. The first-order chi connectivity index (χ1) is 9.93. The van der Waals surface area contributed by atoms with Crippen LogP contribution in [-0.2, 0) is 9.47 Å². The maximum atomic E-state index is 5.80. The average molecular weight is 304 g/mol. The van der Waals surface area contributed by atoms with Crippen molar-refractivity contribution in [2.24, 2.45) is 0 Å². The first-order valence-corrected chi connectivity index (χ1v) is 9.48. The molecule has 0 aromatic heterocycles. The number of rotatable bonds is 13. The lowest BCUT2D eigenvalue weighted by atomic mass is 10.2. The second kappa shape index (κ2) is 14.2. The molecule has 0 radical (unpaired) electrons. The standard InChI is InChI=1S/C16H33NO2S/c1-2-3-4-7-12-18-13-8-5-6-9-14-19-16-11-10-15-20-17-16/h16-17H,2-15H2,1H3. The van der Waals surface area contributed by atoms with Crippen LogP contribution < -0.4 is 4.72 Å². The van der Waals surface area contributed by atoms with Gasteiger partial charge in [0.2, 0.25) is 0 Å². The fourth-order valence-corrected chi connectivity index (χ4v) is 3.09. The van der Waals surface area contributed by atoms with Crippen LogP contribution in [0.25, 0.3) is 0 Å². The highest BCUT2D eigenvalue weighted by Crippen LogP contribution is 2.14. The van der Waals surface area contributed by atoms with E-state index in [-0.39, 0.29) is 0 Å². The van der Waals surface area contributed by atoms with E-state index in [0.717, 1.165) is 19.8 Å². The fraction of sp³-hybridized carbons (Fsp3) is 1.00. The second-order valence-corrected chi connectivity index (χ2v) is 6.49. The Bertz CT molecular complexity index is 199. The van der Waals surface area contributed by atoms with E-state index in [4.69, 9.17) is 9.47 Å². The van der Waals surface area contributed by atoms with Crippen LogP contribution in [0.4, 0.5) is 0 Å². The zero-order chi connectivity index (χ0) is 14.3. The van der Waals surface area contributed by atoms with Gasteiger partial charge in [-0.1, -0.05) is 51.0 Å². The van der Waals surface area contributed by atoms with Gasteiger partial charge in [0, 0.05) is 25.6 Å². The summed E-state index contributed by atoms with van der Waals surface area (Å²) in [6, 6.07) is 0. The summed E-state index contributed by atoms with van der Waals surface area (Å²) in [5.74, 6) is 1.22. The van der Waals surface area contributed by atoms with Crippen molar-refractivity contribution < 1.29 is 9.47 Å². The molecule has 1 atom stereocenters. The third kappa shape index (κ3) is 11.0. The highest BCUT2D eigenvalue weighted by molar-refractivity contribution is 7.97. The Balaban J connectivity index is 1.70. The lowest BCUT2D eigenvalue weighted by Gasteiger charge is -2.22. The number of unbranched alkanes of at least 4 members (excludes halogenated alkanes) is 6. The molecule has 0 saturated carbocycles. The van der Waals surface area contributed by atoms with Gasteiger partial charge in [0.05, 0.1) is 0 Å². The fourth-order valence-electron chi connectivity index (χ4n) is 2.29. The smallest absolute Gasteiger partial charge is 0.116 e. The predicted octanol–water partition coefficient (Wildman–Crippen LogP) is 4.52. The third-order valence-corrected chi connectivity index (χ3v) is 4.49. The molecule has 120 valence electrons. The van der Waals surface area contributed by atoms with E-state index < -0.39 is 0 Å². The highest BCUT2D eigenvalue weighted by Gasteiger charge is 2.12. The van der Waals surface area contributed by atoms with Crippen molar-refractivity contribution in [3.8, 4) is 0 Å². The van der Waals surface area contributed by atoms with Crippen molar-refractivity contribution in [2.75, 3.05) is 25.6 Å². The van der Waals surface area contributed by atoms with Gasteiger partial charge in [-0.25, -0.2) is 4.72 Å². The van der Waals surface area contributed by atoms with Crippen LogP contribution in [-0.4, -0.2) is 31.8 Å². The summed E-state index contributed by atoms with van der Waals surface area (Å²) >= 11 is 1.80. The normalized spacial score (nSPS) is 19.4. The molecule has 1 unspecified atom stereocenters. The van der Waals surface area contributed by atoms with Gasteiger partial charge in [0.1, 0.15) is 6.23 Å². The van der Waals surface area contributed by atoms with Gasteiger partial charge in [0.15, 0.2) is 0 Å². The Morgan fingerprint density at radius 1 is 0.950 bits per heavy atom. The van der Waals surface area contributed by atoms with Crippen molar-refractivity contribution in [1.29, 1.82) is 0 Å². The molecule has 1 N–H and O–H groups in total. The van der Waals surface area contributed by atoms with Crippen molar-refractivity contribution in [2.45, 2.75) is 77.4 Å². The minimum atomic E-state index is 0.292. The molecule has 1 aliphatic rings. The summed E-state index contributed by atoms with van der Waals surface area (Å²) in [6.07, 6.45) is 12.8. The Hall–Kier alpha value is 0.230. The first-order valence-electron chi connectivity index (χ1n) is 8.50. The Morgan fingerprint density at radius 3 is 2.30 bits per heavy atom. The average Bonchev–Trinajstić information content (AvgIpc) is 2.49. The Morgan fingerprint density at radius 2 is 1.65 bits per heavy atom. The predicted molar refractivity (Wildman–Crippen MR) is 88.0 cm³/mol. The third-order valence-electron chi connectivity index (χ3n) is 3.57. The van der Waals surface area contributed by atoms with E-state index in [1.54, 1.807) is 11.9 Å². The van der Waals surface area contributed by atoms with Gasteiger partial charge in [-0.3, -0.25) is 0 Å². The minimum Gasteiger partial charge on any atom is -0.381 e. The molecule has 20 heavy (non-hydrogen) atoms. The zero-order valence-electron chi connectivity index (χ0n) is 13.2. The van der Waals surface area contributed by atoms with Crippen LogP contribution in [0.15, 0.2) is 0 Å². The zero-order valence-corrected chi connectivity index (χ0v) is 14.0. The molecule has 4 heteroatoms. The first kappa shape index (κ1) is 18.3. The summed E-state index contributed by atoms with van der Waals surface area (Å²) in [5.41, 5.74) is 0. The molecule has 1 saturated heterocycles. The van der Waals surface area contributed by atoms with Gasteiger partial charge in [-0.15, -0.1) is 0 Å². The molecule has 1 aliphatic heterocycles. The molecule has 1 fully saturated rings. The van der Waals surface area contributed by atoms with Gasteiger partial charge >= 0.3 is 0 Å². The lowest BCUT2D eigenvalue weighted by Crippen LogP contribution is -2.30. The molecule has 0 amide bonds. The molecule has 3 nitrogen and oxygen atoms in total. The summed E-state index contributed by atoms with van der Waals surface area (Å²) in [4.78, 5) is 0. The number of hydrogen-bond acceptors (Lipinski definition) is 4. The van der Waals surface area contributed by atoms with Crippen molar-refractivity contribution in [3.05, 3.63) is 0 Å². The van der Waals surface area contributed by atoms with E-state index in [1.807, 2.05) is 0 Å². The van der Waals surface area contributed by atoms with E-state index in [1.165, 1.54) is 70.0 Å². The van der Waals surface area contributed by atoms with Crippen LogP contribution in [0, 0.1) is 0 Å². The summed E-state index contributed by atoms with van der Waals surface area (Å²) in [6.45, 7) is 5.03. The molecule has 1 rings (SSSR count). The van der Waals surface area contributed by atoms with Crippen LogP contribution in [0.1, 0.15) is 71.1 Å². The number of nitrogens with one attached hydrogen (secondary N) is 1. The van der Waals surface area contributed by atoms with Gasteiger partial charge < -0.3 is 9.47 Å². The molecule has 0 aliphatic carbocycles. The van der Waals surface area contributed by atoms with Crippen molar-refractivity contribution >= 4 is 11.9 Å². The van der Waals surface area contributed by atoms with Crippen LogP contribution in [0.5, 0.6) is 0 Å². The maximum absolute atomic E-state index is 5.80. The van der Waals surface area contributed by atoms with E-state index >= 15 is 0 Å².